The standard InChI is InChI=1S/C16H22FN2O4/c1-22-12-10-19(16(18)21)15(20)8-5-13-3-6-14(7-4-13)23-11-2-9-17/h3-4,6-8H,2,5,9-12H2,1H3,(H2,18,21). The third-order valence-corrected chi connectivity index (χ3v) is 3.03. The first-order valence-electron chi connectivity index (χ1n) is 7.29. The van der Waals surface area contributed by atoms with Crippen molar-refractivity contribution in [1.82, 2.24) is 4.90 Å². The number of rotatable bonds is 10. The van der Waals surface area contributed by atoms with Gasteiger partial charge >= 0.3 is 6.03 Å². The van der Waals surface area contributed by atoms with Crippen LogP contribution in [0.2, 0.25) is 0 Å². The van der Waals surface area contributed by atoms with E-state index in [1.807, 2.05) is 0 Å². The first-order chi connectivity index (χ1) is 11.1. The Morgan fingerprint density at radius 1 is 1.26 bits per heavy atom. The van der Waals surface area contributed by atoms with E-state index in [-0.39, 0.29) is 13.2 Å². The number of methoxy groups -OCH3 is 1. The summed E-state index contributed by atoms with van der Waals surface area (Å²) in [6, 6.07) is 6.31. The number of hydrogen-bond acceptors (Lipinski definition) is 4. The zero-order valence-electron chi connectivity index (χ0n) is 13.2. The van der Waals surface area contributed by atoms with Gasteiger partial charge in [0.25, 0.3) is 0 Å². The van der Waals surface area contributed by atoms with Crippen LogP contribution in [0.4, 0.5) is 9.18 Å². The summed E-state index contributed by atoms with van der Waals surface area (Å²) in [5.41, 5.74) is 6.05. The van der Waals surface area contributed by atoms with Crippen LogP contribution in [0.1, 0.15) is 12.0 Å². The number of nitrogens with zero attached hydrogens (tertiary/aromatic N) is 1. The molecule has 0 fully saturated rings. The Morgan fingerprint density at radius 2 is 1.96 bits per heavy atom. The second kappa shape index (κ2) is 10.6. The first kappa shape index (κ1) is 18.9. The predicted octanol–water partition coefficient (Wildman–Crippen LogP) is 1.73. The van der Waals surface area contributed by atoms with E-state index in [9.17, 15) is 14.0 Å². The fourth-order valence-corrected chi connectivity index (χ4v) is 1.79. The van der Waals surface area contributed by atoms with Gasteiger partial charge < -0.3 is 15.2 Å². The summed E-state index contributed by atoms with van der Waals surface area (Å²) in [5, 5.41) is 0. The number of nitrogens with two attached hydrogens (primary N) is 1. The van der Waals surface area contributed by atoms with E-state index in [1.54, 1.807) is 24.3 Å². The average molecular weight is 325 g/mol. The van der Waals surface area contributed by atoms with Crippen molar-refractivity contribution in [3.8, 4) is 5.75 Å². The minimum absolute atomic E-state index is 0.114. The molecule has 0 unspecified atom stereocenters. The minimum atomic E-state index is -0.806. The number of carbonyl (C=O) groups excluding carboxylic acids is 2. The van der Waals surface area contributed by atoms with Gasteiger partial charge in [-0.3, -0.25) is 14.1 Å². The summed E-state index contributed by atoms with van der Waals surface area (Å²) in [6.45, 7) is 0.262. The number of carbonyl (C=O) groups is 2. The van der Waals surface area contributed by atoms with Crippen LogP contribution in [0.25, 0.3) is 0 Å². The molecule has 1 rings (SSSR count). The maximum Gasteiger partial charge on any atom is 0.321 e. The molecule has 2 N–H and O–H groups in total. The van der Waals surface area contributed by atoms with Crippen molar-refractivity contribution >= 4 is 11.9 Å². The highest BCUT2D eigenvalue weighted by molar-refractivity contribution is 5.98. The number of amides is 3. The molecule has 0 bridgehead atoms. The molecule has 0 saturated heterocycles. The highest BCUT2D eigenvalue weighted by Crippen LogP contribution is 2.14. The van der Waals surface area contributed by atoms with Crippen molar-refractivity contribution in [2.24, 2.45) is 5.73 Å². The van der Waals surface area contributed by atoms with E-state index in [0.717, 1.165) is 10.5 Å². The zero-order chi connectivity index (χ0) is 17.1. The van der Waals surface area contributed by atoms with E-state index >= 15 is 0 Å². The molecule has 0 aromatic heterocycles. The Labute approximate surface area is 135 Å². The number of primary amides is 1. The maximum absolute atomic E-state index is 12.0. The smallest absolute Gasteiger partial charge is 0.321 e. The summed E-state index contributed by atoms with van der Waals surface area (Å²) in [4.78, 5) is 24.1. The quantitative estimate of drug-likeness (QED) is 0.664. The molecule has 3 amide bonds. The predicted molar refractivity (Wildman–Crippen MR) is 83.7 cm³/mol. The normalized spacial score (nSPS) is 10.3. The lowest BCUT2D eigenvalue weighted by Gasteiger charge is -2.17. The van der Waals surface area contributed by atoms with Gasteiger partial charge in [-0.25, -0.2) is 4.79 Å². The van der Waals surface area contributed by atoms with E-state index in [4.69, 9.17) is 15.2 Å². The highest BCUT2D eigenvalue weighted by Gasteiger charge is 2.18. The van der Waals surface area contributed by atoms with E-state index in [2.05, 4.69) is 0 Å². The second-order valence-electron chi connectivity index (χ2n) is 4.76. The fourth-order valence-electron chi connectivity index (χ4n) is 1.79. The van der Waals surface area contributed by atoms with Gasteiger partial charge in [0, 0.05) is 13.5 Å². The summed E-state index contributed by atoms with van der Waals surface area (Å²) >= 11 is 0. The summed E-state index contributed by atoms with van der Waals surface area (Å²) in [5.74, 6) is 0.185. The Kier molecular flexibility index (Phi) is 8.67. The van der Waals surface area contributed by atoms with Crippen LogP contribution in [0, 0.1) is 6.42 Å². The minimum Gasteiger partial charge on any atom is -0.494 e. The summed E-state index contributed by atoms with van der Waals surface area (Å²) < 4.78 is 22.2. The van der Waals surface area contributed by atoms with Gasteiger partial charge in [-0.1, -0.05) is 12.1 Å². The summed E-state index contributed by atoms with van der Waals surface area (Å²) in [7, 11) is 1.48. The van der Waals surface area contributed by atoms with Gasteiger partial charge in [0.15, 0.2) is 0 Å². The number of ether oxygens (including phenoxy) is 2. The molecule has 23 heavy (non-hydrogen) atoms. The molecule has 0 aliphatic carbocycles. The van der Waals surface area contributed by atoms with Crippen molar-refractivity contribution in [1.29, 1.82) is 0 Å². The van der Waals surface area contributed by atoms with Crippen molar-refractivity contribution in [3.63, 3.8) is 0 Å². The molecular formula is C16H22FN2O4. The third kappa shape index (κ3) is 7.10. The molecule has 1 aromatic carbocycles. The lowest BCUT2D eigenvalue weighted by atomic mass is 10.1. The van der Waals surface area contributed by atoms with Crippen molar-refractivity contribution in [2.75, 3.05) is 33.5 Å². The molecule has 0 heterocycles. The van der Waals surface area contributed by atoms with Gasteiger partial charge in [0.2, 0.25) is 5.91 Å². The first-order valence-corrected chi connectivity index (χ1v) is 7.29. The number of imide groups is 1. The second-order valence-corrected chi connectivity index (χ2v) is 4.76. The Hall–Kier alpha value is -2.15. The lowest BCUT2D eigenvalue weighted by molar-refractivity contribution is -0.125. The monoisotopic (exact) mass is 325 g/mol. The number of urea groups is 1. The Morgan fingerprint density at radius 3 is 2.52 bits per heavy atom. The van der Waals surface area contributed by atoms with Crippen LogP contribution < -0.4 is 10.5 Å². The molecule has 0 atom stereocenters. The van der Waals surface area contributed by atoms with Crippen LogP contribution in [-0.4, -0.2) is 50.4 Å². The molecule has 0 spiro atoms. The van der Waals surface area contributed by atoms with Gasteiger partial charge in [-0.05, 0) is 24.1 Å². The molecule has 0 aliphatic heterocycles. The molecule has 1 radical (unpaired) electrons. The lowest BCUT2D eigenvalue weighted by Crippen LogP contribution is -2.42. The van der Waals surface area contributed by atoms with Crippen LogP contribution >= 0.6 is 0 Å². The van der Waals surface area contributed by atoms with Crippen LogP contribution in [-0.2, 0) is 16.0 Å². The van der Waals surface area contributed by atoms with Crippen molar-refractivity contribution < 1.29 is 23.5 Å². The summed E-state index contributed by atoms with van der Waals surface area (Å²) in [6.07, 6.45) is 2.11. The number of benzene rings is 1. The van der Waals surface area contributed by atoms with Gasteiger partial charge in [0.05, 0.1) is 32.9 Å². The zero-order valence-corrected chi connectivity index (χ0v) is 13.2. The van der Waals surface area contributed by atoms with E-state index in [1.165, 1.54) is 13.5 Å². The molecule has 0 saturated carbocycles. The van der Waals surface area contributed by atoms with Crippen molar-refractivity contribution in [2.45, 2.75) is 12.8 Å². The fraction of sp³-hybridized carbons (Fsp3) is 0.438. The number of alkyl halides is 1. The molecule has 0 aliphatic rings. The SMILES string of the molecule is COCCN(C(N)=O)C(=O)[CH]Cc1ccc(OCCCF)cc1. The Bertz CT molecular complexity index is 493. The van der Waals surface area contributed by atoms with Crippen LogP contribution in [0.3, 0.4) is 0 Å². The van der Waals surface area contributed by atoms with Gasteiger partial charge in [-0.15, -0.1) is 0 Å². The maximum atomic E-state index is 12.0. The highest BCUT2D eigenvalue weighted by atomic mass is 19.1. The van der Waals surface area contributed by atoms with Gasteiger partial charge in [0.1, 0.15) is 5.75 Å². The van der Waals surface area contributed by atoms with Crippen molar-refractivity contribution in [3.05, 3.63) is 36.2 Å². The topological polar surface area (TPSA) is 81.9 Å². The number of halogens is 1. The third-order valence-electron chi connectivity index (χ3n) is 3.03. The largest absolute Gasteiger partial charge is 0.494 e. The molecule has 127 valence electrons. The molecule has 6 nitrogen and oxygen atoms in total. The molecular weight excluding hydrogens is 303 g/mol. The Balaban J connectivity index is 2.46. The molecule has 7 heteroatoms. The van der Waals surface area contributed by atoms with Crippen LogP contribution in [0.15, 0.2) is 24.3 Å². The van der Waals surface area contributed by atoms with E-state index in [0.29, 0.717) is 25.2 Å². The van der Waals surface area contributed by atoms with Gasteiger partial charge in [-0.2, -0.15) is 0 Å². The van der Waals surface area contributed by atoms with E-state index < -0.39 is 18.6 Å². The van der Waals surface area contributed by atoms with Crippen LogP contribution in [0.5, 0.6) is 5.75 Å². The molecule has 1 aromatic rings. The average Bonchev–Trinajstić information content (AvgIpc) is 2.54. The number of hydrogen-bond donors (Lipinski definition) is 1.